The molecule has 2 aromatic rings. The lowest BCUT2D eigenvalue weighted by molar-refractivity contribution is 0.103. The number of furan rings is 1. The highest BCUT2D eigenvalue weighted by atomic mass is 16.3. The summed E-state index contributed by atoms with van der Waals surface area (Å²) >= 11 is 0. The molecule has 96 valence electrons. The number of anilines is 1. The van der Waals surface area contributed by atoms with Gasteiger partial charge in [-0.3, -0.25) is 4.79 Å². The van der Waals surface area contributed by atoms with E-state index in [4.69, 9.17) is 10.2 Å². The van der Waals surface area contributed by atoms with E-state index in [1.165, 1.54) is 0 Å². The maximum Gasteiger partial charge on any atom is 0.202 e. The van der Waals surface area contributed by atoms with Gasteiger partial charge in [-0.25, -0.2) is 0 Å². The van der Waals surface area contributed by atoms with Crippen molar-refractivity contribution in [3.8, 4) is 0 Å². The number of rotatable bonds is 3. The molecule has 0 atom stereocenters. The maximum atomic E-state index is 12.4. The van der Waals surface area contributed by atoms with Gasteiger partial charge < -0.3 is 10.2 Å². The summed E-state index contributed by atoms with van der Waals surface area (Å²) < 4.78 is 5.38. The zero-order chi connectivity index (χ0) is 13.8. The van der Waals surface area contributed by atoms with Gasteiger partial charge in [0.1, 0.15) is 5.42 Å². The molecule has 0 aliphatic carbocycles. The SMILES string of the molecule is C=c1c(C(=O)c2ccccc2)c(N)o/c1=C/C=C\C. The largest absolute Gasteiger partial charge is 0.440 e. The molecule has 1 heterocycles. The number of hydrogen-bond donors (Lipinski definition) is 1. The third-order valence-corrected chi connectivity index (χ3v) is 2.77. The average Bonchev–Trinajstić information content (AvgIpc) is 2.71. The van der Waals surface area contributed by atoms with Crippen molar-refractivity contribution in [2.75, 3.05) is 5.73 Å². The highest BCUT2D eigenvalue weighted by Crippen LogP contribution is 2.11. The number of ketones is 1. The number of carbonyl (C=O) groups is 1. The predicted molar refractivity (Wildman–Crippen MR) is 77.0 cm³/mol. The first-order chi connectivity index (χ1) is 9.15. The molecule has 0 saturated heterocycles. The Morgan fingerprint density at radius 2 is 2.00 bits per heavy atom. The Morgan fingerprint density at radius 1 is 1.32 bits per heavy atom. The molecule has 0 unspecified atom stereocenters. The van der Waals surface area contributed by atoms with E-state index in [1.807, 2.05) is 25.1 Å². The first kappa shape index (κ1) is 12.9. The molecule has 0 amide bonds. The van der Waals surface area contributed by atoms with E-state index in [-0.39, 0.29) is 11.7 Å². The van der Waals surface area contributed by atoms with Crippen LogP contribution in [0.5, 0.6) is 0 Å². The molecule has 0 saturated carbocycles. The van der Waals surface area contributed by atoms with Crippen LogP contribution in [0.2, 0.25) is 0 Å². The molecule has 0 fully saturated rings. The Morgan fingerprint density at radius 3 is 2.63 bits per heavy atom. The molecule has 0 spiro atoms. The van der Waals surface area contributed by atoms with Gasteiger partial charge in [-0.15, -0.1) is 0 Å². The standard InChI is InChI=1S/C16H15NO2/c1-3-4-10-13-11(2)14(16(17)19-13)15(18)12-8-6-5-7-9-12/h3-10H,2,17H2,1H3/b4-3-,13-10+. The van der Waals surface area contributed by atoms with Crippen LogP contribution in [0.25, 0.3) is 12.7 Å². The summed E-state index contributed by atoms with van der Waals surface area (Å²) in [5.74, 6) is -0.0680. The maximum absolute atomic E-state index is 12.4. The molecule has 19 heavy (non-hydrogen) atoms. The molecular formula is C16H15NO2. The molecule has 2 rings (SSSR count). The van der Waals surface area contributed by atoms with E-state index in [0.717, 1.165) is 0 Å². The van der Waals surface area contributed by atoms with Gasteiger partial charge in [-0.05, 0) is 13.0 Å². The van der Waals surface area contributed by atoms with Gasteiger partial charge in [0.25, 0.3) is 0 Å². The molecule has 1 aromatic heterocycles. The minimum Gasteiger partial charge on any atom is -0.440 e. The van der Waals surface area contributed by atoms with Crippen molar-refractivity contribution in [2.45, 2.75) is 6.92 Å². The molecule has 3 nitrogen and oxygen atoms in total. The highest BCUT2D eigenvalue weighted by molar-refractivity contribution is 6.11. The van der Waals surface area contributed by atoms with Crippen molar-refractivity contribution in [1.29, 1.82) is 0 Å². The fourth-order valence-electron chi connectivity index (χ4n) is 1.80. The zero-order valence-corrected chi connectivity index (χ0v) is 10.7. The fourth-order valence-corrected chi connectivity index (χ4v) is 1.80. The summed E-state index contributed by atoms with van der Waals surface area (Å²) in [6, 6.07) is 8.94. The van der Waals surface area contributed by atoms with Crippen LogP contribution in [-0.4, -0.2) is 5.78 Å². The Bertz CT molecular complexity index is 724. The van der Waals surface area contributed by atoms with Gasteiger partial charge in [-0.2, -0.15) is 0 Å². The smallest absolute Gasteiger partial charge is 0.202 e. The molecule has 0 radical (unpaired) electrons. The van der Waals surface area contributed by atoms with Crippen LogP contribution in [-0.2, 0) is 0 Å². The second-order valence-electron chi connectivity index (χ2n) is 4.07. The lowest BCUT2D eigenvalue weighted by Gasteiger charge is -1.98. The lowest BCUT2D eigenvalue weighted by Crippen LogP contribution is -2.24. The first-order valence-electron chi connectivity index (χ1n) is 5.95. The summed E-state index contributed by atoms with van der Waals surface area (Å²) in [6.07, 6.45) is 5.40. The minimum atomic E-state index is -0.174. The Labute approximate surface area is 111 Å². The number of benzene rings is 1. The van der Waals surface area contributed by atoms with Crippen molar-refractivity contribution in [3.63, 3.8) is 0 Å². The van der Waals surface area contributed by atoms with Crippen molar-refractivity contribution in [3.05, 3.63) is 64.2 Å². The molecule has 0 bridgehead atoms. The Balaban J connectivity index is 2.56. The number of allylic oxidation sites excluding steroid dienone is 2. The van der Waals surface area contributed by atoms with Gasteiger partial charge >= 0.3 is 0 Å². The zero-order valence-electron chi connectivity index (χ0n) is 10.7. The predicted octanol–water partition coefficient (Wildman–Crippen LogP) is 1.86. The van der Waals surface area contributed by atoms with E-state index in [2.05, 4.69) is 6.58 Å². The van der Waals surface area contributed by atoms with Crippen molar-refractivity contribution in [2.24, 2.45) is 0 Å². The van der Waals surface area contributed by atoms with Crippen LogP contribution in [0.1, 0.15) is 22.8 Å². The molecular weight excluding hydrogens is 238 g/mol. The summed E-state index contributed by atoms with van der Waals surface area (Å²) in [5, 5.41) is 0.518. The second-order valence-corrected chi connectivity index (χ2v) is 4.07. The molecule has 2 N–H and O–H groups in total. The van der Waals surface area contributed by atoms with E-state index in [1.54, 1.807) is 30.3 Å². The molecule has 3 heteroatoms. The average molecular weight is 253 g/mol. The van der Waals surface area contributed by atoms with E-state index >= 15 is 0 Å². The third kappa shape index (κ3) is 2.50. The third-order valence-electron chi connectivity index (χ3n) is 2.77. The quantitative estimate of drug-likeness (QED) is 0.849. The van der Waals surface area contributed by atoms with E-state index in [0.29, 0.717) is 21.8 Å². The highest BCUT2D eigenvalue weighted by Gasteiger charge is 2.17. The van der Waals surface area contributed by atoms with Gasteiger partial charge in [0.2, 0.25) is 5.88 Å². The summed E-state index contributed by atoms with van der Waals surface area (Å²) in [7, 11) is 0. The van der Waals surface area contributed by atoms with Crippen LogP contribution >= 0.6 is 0 Å². The summed E-state index contributed by atoms with van der Waals surface area (Å²) in [4.78, 5) is 12.4. The monoisotopic (exact) mass is 253 g/mol. The van der Waals surface area contributed by atoms with Gasteiger partial charge in [0, 0.05) is 10.8 Å². The van der Waals surface area contributed by atoms with E-state index in [9.17, 15) is 4.79 Å². The molecule has 1 aromatic carbocycles. The lowest BCUT2D eigenvalue weighted by atomic mass is 10.0. The topological polar surface area (TPSA) is 56.2 Å². The van der Waals surface area contributed by atoms with Crippen molar-refractivity contribution < 1.29 is 9.21 Å². The first-order valence-corrected chi connectivity index (χ1v) is 5.95. The van der Waals surface area contributed by atoms with Gasteiger partial charge in [0.05, 0.1) is 5.56 Å². The Kier molecular flexibility index (Phi) is 3.66. The van der Waals surface area contributed by atoms with E-state index < -0.39 is 0 Å². The molecule has 0 aliphatic heterocycles. The van der Waals surface area contributed by atoms with Crippen LogP contribution in [0.4, 0.5) is 5.88 Å². The van der Waals surface area contributed by atoms with Gasteiger partial charge in [0.15, 0.2) is 5.78 Å². The number of nitrogens with two attached hydrogens (primary N) is 1. The number of nitrogen functional groups attached to an aromatic ring is 1. The summed E-state index contributed by atoms with van der Waals surface area (Å²) in [5.41, 5.74) is 7.19. The van der Waals surface area contributed by atoms with Crippen LogP contribution < -0.4 is 16.4 Å². The van der Waals surface area contributed by atoms with Crippen molar-refractivity contribution >= 4 is 24.3 Å². The summed E-state index contributed by atoms with van der Waals surface area (Å²) in [6.45, 7) is 5.77. The number of hydrogen-bond acceptors (Lipinski definition) is 3. The van der Waals surface area contributed by atoms with Crippen molar-refractivity contribution in [1.82, 2.24) is 0 Å². The molecule has 0 aliphatic rings. The normalized spacial score (nSPS) is 12.2. The van der Waals surface area contributed by atoms with Gasteiger partial charge in [-0.1, -0.05) is 49.1 Å². The second kappa shape index (κ2) is 5.40. The Hall–Kier alpha value is -2.55. The van der Waals surface area contributed by atoms with Crippen LogP contribution in [0, 0.1) is 0 Å². The fraction of sp³-hybridized carbons (Fsp3) is 0.0625. The van der Waals surface area contributed by atoms with Crippen LogP contribution in [0.15, 0.2) is 46.9 Å². The number of carbonyl (C=O) groups excluding carboxylic acids is 1. The minimum absolute atomic E-state index is 0.106. The van der Waals surface area contributed by atoms with Crippen LogP contribution in [0.3, 0.4) is 0 Å².